The Morgan fingerprint density at radius 1 is 0.944 bits per heavy atom. The summed E-state index contributed by atoms with van der Waals surface area (Å²) in [6.45, 7) is 7.51. The van der Waals surface area contributed by atoms with Crippen LogP contribution >= 0.6 is 25.3 Å². The molecule has 4 atom stereocenters. The zero-order valence-electron chi connectivity index (χ0n) is 11.1. The predicted molar refractivity (Wildman–Crippen MR) is 78.0 cm³/mol. The summed E-state index contributed by atoms with van der Waals surface area (Å²) < 4.78 is 22.2. The molecule has 1 heterocycles. The van der Waals surface area contributed by atoms with E-state index in [1.165, 1.54) is 0 Å². The summed E-state index contributed by atoms with van der Waals surface area (Å²) in [5.74, 6) is 0. The van der Waals surface area contributed by atoms with Crippen LogP contribution in [0.3, 0.4) is 0 Å². The molecule has 0 aromatic heterocycles. The summed E-state index contributed by atoms with van der Waals surface area (Å²) in [4.78, 5) is 0. The van der Waals surface area contributed by atoms with Gasteiger partial charge in [-0.25, -0.2) is 0 Å². The van der Waals surface area contributed by atoms with Crippen molar-refractivity contribution in [1.82, 2.24) is 0 Å². The van der Waals surface area contributed by atoms with Gasteiger partial charge in [0.2, 0.25) is 0 Å². The zero-order chi connectivity index (χ0) is 13.4. The van der Waals surface area contributed by atoms with E-state index in [1.54, 1.807) is 0 Å². The molecule has 6 heteroatoms. The molecule has 108 valence electrons. The summed E-state index contributed by atoms with van der Waals surface area (Å²) in [7, 11) is 0. The van der Waals surface area contributed by atoms with Crippen LogP contribution in [-0.4, -0.2) is 62.3 Å². The molecule has 0 saturated carbocycles. The van der Waals surface area contributed by atoms with E-state index in [-0.39, 0.29) is 22.7 Å². The molecule has 18 heavy (non-hydrogen) atoms. The van der Waals surface area contributed by atoms with E-state index in [2.05, 4.69) is 25.3 Å². The first-order valence-electron chi connectivity index (χ1n) is 6.32. The van der Waals surface area contributed by atoms with Crippen molar-refractivity contribution in [2.75, 3.05) is 39.6 Å². The van der Waals surface area contributed by atoms with Gasteiger partial charge < -0.3 is 18.9 Å². The molecule has 1 rings (SSSR count). The second kappa shape index (κ2) is 9.44. The van der Waals surface area contributed by atoms with Crippen molar-refractivity contribution in [3.8, 4) is 0 Å². The summed E-state index contributed by atoms with van der Waals surface area (Å²) in [5, 5.41) is 0.498. The minimum absolute atomic E-state index is 0.0251. The van der Waals surface area contributed by atoms with Crippen LogP contribution in [0.5, 0.6) is 0 Å². The molecule has 1 saturated heterocycles. The first-order chi connectivity index (χ1) is 8.58. The Hall–Kier alpha value is 0.540. The van der Waals surface area contributed by atoms with Crippen molar-refractivity contribution in [1.29, 1.82) is 0 Å². The summed E-state index contributed by atoms with van der Waals surface area (Å²) >= 11 is 8.49. The number of rotatable bonds is 8. The molecule has 0 spiro atoms. The minimum Gasteiger partial charge on any atom is -0.378 e. The van der Waals surface area contributed by atoms with E-state index in [4.69, 9.17) is 18.9 Å². The maximum atomic E-state index is 5.66. The van der Waals surface area contributed by atoms with Crippen LogP contribution in [0.25, 0.3) is 0 Å². The Labute approximate surface area is 121 Å². The molecule has 0 amide bonds. The molecular weight excluding hydrogens is 272 g/mol. The molecule has 1 aliphatic rings. The fourth-order valence-electron chi connectivity index (χ4n) is 1.52. The van der Waals surface area contributed by atoms with Gasteiger partial charge in [-0.05, 0) is 0 Å². The monoisotopic (exact) mass is 296 g/mol. The number of hydrogen-bond acceptors (Lipinski definition) is 6. The zero-order valence-corrected chi connectivity index (χ0v) is 12.9. The van der Waals surface area contributed by atoms with E-state index in [0.717, 1.165) is 0 Å². The second-order valence-electron chi connectivity index (χ2n) is 4.68. The van der Waals surface area contributed by atoms with E-state index in [1.807, 2.05) is 13.8 Å². The maximum Gasteiger partial charge on any atom is 0.104 e. The highest BCUT2D eigenvalue weighted by Gasteiger charge is 2.22. The lowest BCUT2D eigenvalue weighted by molar-refractivity contribution is -0.166. The van der Waals surface area contributed by atoms with Crippen LogP contribution in [0, 0.1) is 0 Å². The van der Waals surface area contributed by atoms with Gasteiger partial charge in [-0.3, -0.25) is 0 Å². The van der Waals surface area contributed by atoms with E-state index >= 15 is 0 Å². The largest absolute Gasteiger partial charge is 0.378 e. The third-order valence-corrected chi connectivity index (χ3v) is 2.66. The van der Waals surface area contributed by atoms with Crippen LogP contribution in [0.4, 0.5) is 0 Å². The van der Waals surface area contributed by atoms with Gasteiger partial charge in [0.15, 0.2) is 0 Å². The predicted octanol–water partition coefficient (Wildman–Crippen LogP) is 1.44. The van der Waals surface area contributed by atoms with Gasteiger partial charge in [0, 0.05) is 10.5 Å². The van der Waals surface area contributed by atoms with Crippen molar-refractivity contribution >= 4 is 25.3 Å². The topological polar surface area (TPSA) is 36.9 Å². The Bertz CT molecular complexity index is 184. The fraction of sp³-hybridized carbons (Fsp3) is 1.00. The van der Waals surface area contributed by atoms with Gasteiger partial charge in [0.05, 0.1) is 39.6 Å². The molecule has 0 N–H and O–H groups in total. The van der Waals surface area contributed by atoms with Gasteiger partial charge in [0.1, 0.15) is 12.2 Å². The lowest BCUT2D eigenvalue weighted by atomic mass is 10.3. The number of hydrogen-bond donors (Lipinski definition) is 2. The molecule has 1 fully saturated rings. The van der Waals surface area contributed by atoms with Crippen molar-refractivity contribution in [3.05, 3.63) is 0 Å². The lowest BCUT2D eigenvalue weighted by Crippen LogP contribution is -2.40. The van der Waals surface area contributed by atoms with Crippen LogP contribution in [0.1, 0.15) is 13.8 Å². The molecule has 0 aromatic carbocycles. The second-order valence-corrected chi connectivity index (χ2v) is 6.45. The first-order valence-corrected chi connectivity index (χ1v) is 7.36. The SMILES string of the molecule is CC(S)COCC1COC(COCC(C)S)CO1. The highest BCUT2D eigenvalue weighted by Crippen LogP contribution is 2.09. The number of thiol groups is 2. The molecule has 0 aromatic rings. The van der Waals surface area contributed by atoms with Crippen LogP contribution in [0.2, 0.25) is 0 Å². The lowest BCUT2D eigenvalue weighted by Gasteiger charge is -2.29. The normalized spacial score (nSPS) is 28.0. The Balaban J connectivity index is 2.02. The molecule has 0 aliphatic carbocycles. The van der Waals surface area contributed by atoms with E-state index in [9.17, 15) is 0 Å². The van der Waals surface area contributed by atoms with E-state index < -0.39 is 0 Å². The van der Waals surface area contributed by atoms with Gasteiger partial charge in [-0.2, -0.15) is 25.3 Å². The Morgan fingerprint density at radius 2 is 1.33 bits per heavy atom. The van der Waals surface area contributed by atoms with Crippen molar-refractivity contribution < 1.29 is 18.9 Å². The minimum atomic E-state index is 0.0251. The smallest absolute Gasteiger partial charge is 0.104 e. The average molecular weight is 296 g/mol. The summed E-state index contributed by atoms with van der Waals surface area (Å²) in [6.07, 6.45) is 0.0503. The van der Waals surface area contributed by atoms with Gasteiger partial charge in [-0.15, -0.1) is 0 Å². The molecule has 1 aliphatic heterocycles. The molecule has 0 bridgehead atoms. The molecular formula is C12H24O4S2. The highest BCUT2D eigenvalue weighted by atomic mass is 32.1. The van der Waals surface area contributed by atoms with E-state index in [0.29, 0.717) is 39.6 Å². The van der Waals surface area contributed by atoms with Crippen molar-refractivity contribution in [2.45, 2.75) is 36.6 Å². The molecule has 4 unspecified atom stereocenters. The van der Waals surface area contributed by atoms with Crippen molar-refractivity contribution in [2.24, 2.45) is 0 Å². The fourth-order valence-corrected chi connectivity index (χ4v) is 1.73. The Kier molecular flexibility index (Phi) is 8.71. The average Bonchev–Trinajstić information content (AvgIpc) is 2.30. The molecule has 4 nitrogen and oxygen atoms in total. The highest BCUT2D eigenvalue weighted by molar-refractivity contribution is 7.81. The quantitative estimate of drug-likeness (QED) is 0.665. The van der Waals surface area contributed by atoms with Crippen LogP contribution < -0.4 is 0 Å². The van der Waals surface area contributed by atoms with Gasteiger partial charge >= 0.3 is 0 Å². The third-order valence-electron chi connectivity index (χ3n) is 2.36. The van der Waals surface area contributed by atoms with Crippen molar-refractivity contribution in [3.63, 3.8) is 0 Å². The standard InChI is InChI=1S/C12H24O4S2/c1-9(17)3-13-5-11-7-16-12(8-15-11)6-14-4-10(2)18/h9-12,17-18H,3-8H2,1-2H3. The summed E-state index contributed by atoms with van der Waals surface area (Å²) in [6, 6.07) is 0. The third kappa shape index (κ3) is 7.86. The van der Waals surface area contributed by atoms with Crippen LogP contribution in [-0.2, 0) is 18.9 Å². The first kappa shape index (κ1) is 16.6. The Morgan fingerprint density at radius 3 is 1.61 bits per heavy atom. The van der Waals surface area contributed by atoms with Crippen LogP contribution in [0.15, 0.2) is 0 Å². The maximum absolute atomic E-state index is 5.66. The number of ether oxygens (including phenoxy) is 4. The van der Waals surface area contributed by atoms with Gasteiger partial charge in [-0.1, -0.05) is 13.8 Å². The van der Waals surface area contributed by atoms with Gasteiger partial charge in [0.25, 0.3) is 0 Å². The molecule has 0 radical (unpaired) electrons. The summed E-state index contributed by atoms with van der Waals surface area (Å²) in [5.41, 5.74) is 0.